The molecule has 1 aliphatic rings. The van der Waals surface area contributed by atoms with Gasteiger partial charge in [-0.05, 0) is 62.4 Å². The maximum absolute atomic E-state index is 13.5. The Morgan fingerprint density at radius 1 is 0.829 bits per heavy atom. The molecule has 186 valence electrons. The molecule has 0 unspecified atom stereocenters. The van der Waals surface area contributed by atoms with Gasteiger partial charge < -0.3 is 19.1 Å². The first-order valence-electron chi connectivity index (χ1n) is 11.6. The Morgan fingerprint density at radius 3 is 2.11 bits per heavy atom. The summed E-state index contributed by atoms with van der Waals surface area (Å²) in [5, 5.41) is 8.74. The molecule has 4 rings (SSSR count). The van der Waals surface area contributed by atoms with Crippen LogP contribution in [-0.4, -0.2) is 69.4 Å². The van der Waals surface area contributed by atoms with Crippen molar-refractivity contribution in [2.24, 2.45) is 0 Å². The van der Waals surface area contributed by atoms with Crippen molar-refractivity contribution < 1.29 is 22.6 Å². The van der Waals surface area contributed by atoms with Gasteiger partial charge in [0.1, 0.15) is 22.1 Å². The maximum atomic E-state index is 13.5. The van der Waals surface area contributed by atoms with Gasteiger partial charge in [0, 0.05) is 37.8 Å². The van der Waals surface area contributed by atoms with E-state index in [-0.39, 0.29) is 4.90 Å². The lowest BCUT2D eigenvalue weighted by molar-refractivity contribution is 0.319. The highest BCUT2D eigenvalue weighted by Gasteiger charge is 2.32. The lowest BCUT2D eigenvalue weighted by Gasteiger charge is -2.34. The molecule has 1 fully saturated rings. The van der Waals surface area contributed by atoms with Crippen molar-refractivity contribution in [2.45, 2.75) is 18.7 Å². The minimum absolute atomic E-state index is 0.127. The summed E-state index contributed by atoms with van der Waals surface area (Å²) in [6, 6.07) is 16.4. The van der Waals surface area contributed by atoms with E-state index >= 15 is 0 Å². The summed E-state index contributed by atoms with van der Waals surface area (Å²) in [6.45, 7) is 6.17. The molecule has 0 bridgehead atoms. The first-order valence-corrected chi connectivity index (χ1v) is 13.0. The molecule has 10 heteroatoms. The van der Waals surface area contributed by atoms with E-state index in [2.05, 4.69) is 10.2 Å². The van der Waals surface area contributed by atoms with E-state index in [0.717, 1.165) is 17.0 Å². The Hall–Kier alpha value is -3.37. The number of methoxy groups -OCH3 is 1. The van der Waals surface area contributed by atoms with Gasteiger partial charge in [0.2, 0.25) is 10.0 Å². The molecule has 0 radical (unpaired) electrons. The molecule has 9 nitrogen and oxygen atoms in total. The quantitative estimate of drug-likeness (QED) is 0.443. The summed E-state index contributed by atoms with van der Waals surface area (Å²) >= 11 is 0. The van der Waals surface area contributed by atoms with Crippen LogP contribution < -0.4 is 19.1 Å². The third-order valence-corrected chi connectivity index (χ3v) is 7.66. The van der Waals surface area contributed by atoms with Gasteiger partial charge in [0.15, 0.2) is 5.82 Å². The van der Waals surface area contributed by atoms with Crippen molar-refractivity contribution in [2.75, 3.05) is 51.4 Å². The first-order chi connectivity index (χ1) is 17.0. The second-order valence-corrected chi connectivity index (χ2v) is 9.78. The van der Waals surface area contributed by atoms with Crippen molar-refractivity contribution in [3.8, 4) is 28.5 Å². The Balaban J connectivity index is 1.46. The normalized spacial score (nSPS) is 14.5. The standard InChI is InChI=1S/C25H30N4O5S/c1-4-33-21-10-12-23(34-5-2)24(18-21)35(30,31)29-16-14-28(15-17-29)25-13-11-22(26-27-25)19-6-8-20(32-3)9-7-19/h6-13,18H,4-5,14-17H2,1-3H3. The number of nitrogens with zero attached hydrogens (tertiary/aromatic N) is 4. The van der Waals surface area contributed by atoms with Crippen molar-refractivity contribution in [1.82, 2.24) is 14.5 Å². The van der Waals surface area contributed by atoms with E-state index in [4.69, 9.17) is 14.2 Å². The van der Waals surface area contributed by atoms with Crippen LogP contribution >= 0.6 is 0 Å². The number of ether oxygens (including phenoxy) is 3. The van der Waals surface area contributed by atoms with Crippen LogP contribution in [0.4, 0.5) is 5.82 Å². The largest absolute Gasteiger partial charge is 0.497 e. The molecule has 3 aromatic rings. The molecule has 0 saturated carbocycles. The zero-order valence-electron chi connectivity index (χ0n) is 20.2. The molecule has 0 N–H and O–H groups in total. The Bertz CT molecular complexity index is 1230. The zero-order valence-corrected chi connectivity index (χ0v) is 21.0. The lowest BCUT2D eigenvalue weighted by Crippen LogP contribution is -2.49. The topological polar surface area (TPSA) is 94.1 Å². The predicted octanol–water partition coefficient (Wildman–Crippen LogP) is 3.46. The second-order valence-electron chi connectivity index (χ2n) is 7.87. The third kappa shape index (κ3) is 5.49. The fourth-order valence-electron chi connectivity index (χ4n) is 3.93. The number of aromatic nitrogens is 2. The number of hydrogen-bond donors (Lipinski definition) is 0. The average Bonchev–Trinajstić information content (AvgIpc) is 2.90. The summed E-state index contributed by atoms with van der Waals surface area (Å²) in [4.78, 5) is 2.17. The number of piperazine rings is 1. The molecule has 2 heterocycles. The summed E-state index contributed by atoms with van der Waals surface area (Å²) in [5.41, 5.74) is 1.70. The number of hydrogen-bond acceptors (Lipinski definition) is 8. The van der Waals surface area contributed by atoms with Gasteiger partial charge in [-0.25, -0.2) is 8.42 Å². The minimum Gasteiger partial charge on any atom is -0.497 e. The van der Waals surface area contributed by atoms with E-state index in [1.807, 2.05) is 55.1 Å². The van der Waals surface area contributed by atoms with Gasteiger partial charge in [0.25, 0.3) is 0 Å². The van der Waals surface area contributed by atoms with Crippen LogP contribution in [0.2, 0.25) is 0 Å². The maximum Gasteiger partial charge on any atom is 0.247 e. The van der Waals surface area contributed by atoms with Crippen LogP contribution in [-0.2, 0) is 10.0 Å². The third-order valence-electron chi connectivity index (χ3n) is 5.74. The van der Waals surface area contributed by atoms with E-state index in [9.17, 15) is 8.42 Å². The van der Waals surface area contributed by atoms with E-state index < -0.39 is 10.0 Å². The SMILES string of the molecule is CCOc1ccc(OCC)c(S(=O)(=O)N2CCN(c3ccc(-c4ccc(OC)cc4)nn3)CC2)c1. The first kappa shape index (κ1) is 24.7. The van der Waals surface area contributed by atoms with E-state index in [1.165, 1.54) is 4.31 Å². The Kier molecular flexibility index (Phi) is 7.72. The van der Waals surface area contributed by atoms with Crippen LogP contribution in [0.15, 0.2) is 59.5 Å². The molecule has 1 saturated heterocycles. The number of benzene rings is 2. The highest BCUT2D eigenvalue weighted by atomic mass is 32.2. The number of anilines is 1. The predicted molar refractivity (Wildman–Crippen MR) is 134 cm³/mol. The Morgan fingerprint density at radius 2 is 1.51 bits per heavy atom. The number of rotatable bonds is 9. The van der Waals surface area contributed by atoms with Gasteiger partial charge in [-0.2, -0.15) is 4.31 Å². The molecular formula is C25H30N4O5S. The van der Waals surface area contributed by atoms with Gasteiger partial charge in [-0.1, -0.05) is 0 Å². The fourth-order valence-corrected chi connectivity index (χ4v) is 5.50. The molecule has 2 aromatic carbocycles. The van der Waals surface area contributed by atoms with Crippen LogP contribution in [0.1, 0.15) is 13.8 Å². The molecule has 0 amide bonds. The van der Waals surface area contributed by atoms with E-state index in [1.54, 1.807) is 25.3 Å². The number of sulfonamides is 1. The molecular weight excluding hydrogens is 468 g/mol. The summed E-state index contributed by atoms with van der Waals surface area (Å²) in [7, 11) is -2.13. The summed E-state index contributed by atoms with van der Waals surface area (Å²) in [6.07, 6.45) is 0. The average molecular weight is 499 g/mol. The second kappa shape index (κ2) is 10.9. The van der Waals surface area contributed by atoms with Crippen LogP contribution in [0.25, 0.3) is 11.3 Å². The highest BCUT2D eigenvalue weighted by Crippen LogP contribution is 2.32. The molecule has 1 aliphatic heterocycles. The molecule has 0 spiro atoms. The molecule has 0 atom stereocenters. The minimum atomic E-state index is -3.75. The Labute approximate surface area is 206 Å². The molecule has 1 aromatic heterocycles. The van der Waals surface area contributed by atoms with Crippen molar-refractivity contribution >= 4 is 15.8 Å². The van der Waals surface area contributed by atoms with Gasteiger partial charge in [0.05, 0.1) is 26.0 Å². The van der Waals surface area contributed by atoms with Gasteiger partial charge in [-0.15, -0.1) is 10.2 Å². The van der Waals surface area contributed by atoms with Crippen molar-refractivity contribution in [3.05, 3.63) is 54.6 Å². The van der Waals surface area contributed by atoms with Crippen LogP contribution in [0, 0.1) is 0 Å². The highest BCUT2D eigenvalue weighted by molar-refractivity contribution is 7.89. The summed E-state index contributed by atoms with van der Waals surface area (Å²) in [5.74, 6) is 2.33. The smallest absolute Gasteiger partial charge is 0.247 e. The van der Waals surface area contributed by atoms with Gasteiger partial charge >= 0.3 is 0 Å². The lowest BCUT2D eigenvalue weighted by atomic mass is 10.1. The molecule has 0 aliphatic carbocycles. The van der Waals surface area contributed by atoms with Crippen LogP contribution in [0.5, 0.6) is 17.2 Å². The fraction of sp³-hybridized carbons (Fsp3) is 0.360. The monoisotopic (exact) mass is 498 g/mol. The zero-order chi connectivity index (χ0) is 24.8. The van der Waals surface area contributed by atoms with E-state index in [0.29, 0.717) is 56.7 Å². The molecule has 35 heavy (non-hydrogen) atoms. The summed E-state index contributed by atoms with van der Waals surface area (Å²) < 4.78 is 44.7. The van der Waals surface area contributed by atoms with Crippen molar-refractivity contribution in [3.63, 3.8) is 0 Å². The van der Waals surface area contributed by atoms with Gasteiger partial charge in [-0.3, -0.25) is 0 Å². The van der Waals surface area contributed by atoms with Crippen molar-refractivity contribution in [1.29, 1.82) is 0 Å². The van der Waals surface area contributed by atoms with Crippen LogP contribution in [0.3, 0.4) is 0 Å².